The van der Waals surface area contributed by atoms with Crippen molar-refractivity contribution in [2.45, 2.75) is 46.7 Å². The average molecular weight is 241 g/mol. The zero-order valence-electron chi connectivity index (χ0n) is 11.1. The van der Waals surface area contributed by atoms with E-state index in [2.05, 4.69) is 26.1 Å². The molecule has 3 heteroatoms. The van der Waals surface area contributed by atoms with Crippen LogP contribution in [0.5, 0.6) is 0 Å². The summed E-state index contributed by atoms with van der Waals surface area (Å²) in [5, 5.41) is 3.30. The molecule has 2 atom stereocenters. The molecule has 0 aliphatic carbocycles. The lowest BCUT2D eigenvalue weighted by Crippen LogP contribution is -2.39. The van der Waals surface area contributed by atoms with Crippen LogP contribution in [0.4, 0.5) is 8.78 Å². The van der Waals surface area contributed by atoms with Crippen molar-refractivity contribution in [3.05, 3.63) is 35.4 Å². The monoisotopic (exact) mass is 241 g/mol. The van der Waals surface area contributed by atoms with Crippen molar-refractivity contribution >= 4 is 0 Å². The molecule has 0 amide bonds. The molecule has 1 rings (SSSR count). The first-order valence-electron chi connectivity index (χ1n) is 5.93. The third kappa shape index (κ3) is 3.50. The van der Waals surface area contributed by atoms with Gasteiger partial charge in [-0.05, 0) is 25.3 Å². The maximum atomic E-state index is 13.6. The highest BCUT2D eigenvalue weighted by atomic mass is 19.2. The summed E-state index contributed by atoms with van der Waals surface area (Å²) in [6.45, 7) is 10.2. The van der Waals surface area contributed by atoms with Crippen LogP contribution < -0.4 is 5.32 Å². The Morgan fingerprint density at radius 3 is 2.24 bits per heavy atom. The van der Waals surface area contributed by atoms with E-state index in [1.54, 1.807) is 6.07 Å². The molecule has 0 fully saturated rings. The summed E-state index contributed by atoms with van der Waals surface area (Å²) < 4.78 is 26.7. The molecular formula is C14H21F2N. The summed E-state index contributed by atoms with van der Waals surface area (Å²) in [4.78, 5) is 0. The second-order valence-corrected chi connectivity index (χ2v) is 5.62. The lowest BCUT2D eigenvalue weighted by atomic mass is 9.87. The molecule has 1 nitrogen and oxygen atoms in total. The van der Waals surface area contributed by atoms with E-state index in [1.807, 2.05) is 13.8 Å². The van der Waals surface area contributed by atoms with Crippen LogP contribution in [0.1, 0.15) is 46.2 Å². The normalized spacial score (nSPS) is 15.7. The number of hydrogen-bond acceptors (Lipinski definition) is 1. The fraction of sp³-hybridized carbons (Fsp3) is 0.571. The number of rotatable bonds is 3. The molecule has 0 spiro atoms. The molecule has 0 radical (unpaired) electrons. The van der Waals surface area contributed by atoms with Gasteiger partial charge in [-0.15, -0.1) is 0 Å². The smallest absolute Gasteiger partial charge is 0.163 e. The van der Waals surface area contributed by atoms with Crippen molar-refractivity contribution in [1.82, 2.24) is 5.32 Å². The van der Waals surface area contributed by atoms with Crippen molar-refractivity contribution in [1.29, 1.82) is 0 Å². The minimum atomic E-state index is -0.792. The highest BCUT2D eigenvalue weighted by Gasteiger charge is 2.23. The van der Waals surface area contributed by atoms with Gasteiger partial charge in [-0.3, -0.25) is 0 Å². The molecule has 1 aromatic carbocycles. The van der Waals surface area contributed by atoms with Gasteiger partial charge in [-0.1, -0.05) is 32.9 Å². The van der Waals surface area contributed by atoms with Crippen LogP contribution in [0.15, 0.2) is 18.2 Å². The quantitative estimate of drug-likeness (QED) is 0.841. The van der Waals surface area contributed by atoms with Crippen LogP contribution in [0.25, 0.3) is 0 Å². The van der Waals surface area contributed by atoms with Gasteiger partial charge in [0, 0.05) is 17.6 Å². The van der Waals surface area contributed by atoms with Gasteiger partial charge in [-0.2, -0.15) is 0 Å². The Morgan fingerprint density at radius 1 is 1.12 bits per heavy atom. The standard InChI is InChI=1S/C14H21F2N/c1-9(17-10(2)14(3,4)5)11-7-6-8-12(15)13(11)16/h6-10,17H,1-5H3. The number of halogens is 2. The highest BCUT2D eigenvalue weighted by molar-refractivity contribution is 5.22. The molecule has 0 aromatic heterocycles. The third-order valence-electron chi connectivity index (χ3n) is 3.25. The molecule has 0 saturated carbocycles. The number of hydrogen-bond donors (Lipinski definition) is 1. The van der Waals surface area contributed by atoms with Crippen molar-refractivity contribution in [3.63, 3.8) is 0 Å². The molecule has 0 heterocycles. The summed E-state index contributed by atoms with van der Waals surface area (Å²) in [7, 11) is 0. The molecular weight excluding hydrogens is 220 g/mol. The van der Waals surface area contributed by atoms with E-state index in [0.717, 1.165) is 6.07 Å². The van der Waals surface area contributed by atoms with Gasteiger partial charge in [-0.25, -0.2) is 8.78 Å². The van der Waals surface area contributed by atoms with Crippen LogP contribution in [0.2, 0.25) is 0 Å². The fourth-order valence-electron chi connectivity index (χ4n) is 1.57. The summed E-state index contributed by atoms with van der Waals surface area (Å²) in [6.07, 6.45) is 0. The number of benzene rings is 1. The maximum absolute atomic E-state index is 13.6. The highest BCUT2D eigenvalue weighted by Crippen LogP contribution is 2.24. The van der Waals surface area contributed by atoms with Crippen molar-refractivity contribution < 1.29 is 8.78 Å². The Balaban J connectivity index is 2.84. The van der Waals surface area contributed by atoms with E-state index in [9.17, 15) is 8.78 Å². The second-order valence-electron chi connectivity index (χ2n) is 5.62. The van der Waals surface area contributed by atoms with Gasteiger partial charge in [0.2, 0.25) is 0 Å². The molecule has 0 aliphatic heterocycles. The molecule has 0 saturated heterocycles. The predicted molar refractivity (Wildman–Crippen MR) is 66.8 cm³/mol. The Hall–Kier alpha value is -0.960. The molecule has 2 unspecified atom stereocenters. The van der Waals surface area contributed by atoms with Gasteiger partial charge in [0.15, 0.2) is 11.6 Å². The van der Waals surface area contributed by atoms with Crippen molar-refractivity contribution in [2.24, 2.45) is 5.41 Å². The van der Waals surface area contributed by atoms with E-state index in [-0.39, 0.29) is 17.5 Å². The fourth-order valence-corrected chi connectivity index (χ4v) is 1.57. The van der Waals surface area contributed by atoms with Crippen LogP contribution >= 0.6 is 0 Å². The Kier molecular flexibility index (Phi) is 4.26. The van der Waals surface area contributed by atoms with Crippen LogP contribution in [-0.2, 0) is 0 Å². The lowest BCUT2D eigenvalue weighted by Gasteiger charge is -2.31. The van der Waals surface area contributed by atoms with E-state index in [1.165, 1.54) is 6.07 Å². The zero-order valence-corrected chi connectivity index (χ0v) is 11.1. The molecule has 0 aliphatic rings. The Labute approximate surface area is 102 Å². The zero-order chi connectivity index (χ0) is 13.2. The third-order valence-corrected chi connectivity index (χ3v) is 3.25. The first-order valence-corrected chi connectivity index (χ1v) is 5.93. The van der Waals surface area contributed by atoms with Gasteiger partial charge >= 0.3 is 0 Å². The summed E-state index contributed by atoms with van der Waals surface area (Å²) >= 11 is 0. The van der Waals surface area contributed by atoms with Gasteiger partial charge in [0.25, 0.3) is 0 Å². The first-order chi connectivity index (χ1) is 7.73. The van der Waals surface area contributed by atoms with Gasteiger partial charge in [0.1, 0.15) is 0 Å². The Morgan fingerprint density at radius 2 is 1.71 bits per heavy atom. The van der Waals surface area contributed by atoms with E-state index in [4.69, 9.17) is 0 Å². The van der Waals surface area contributed by atoms with Crippen LogP contribution in [0.3, 0.4) is 0 Å². The SMILES string of the molecule is CC(NC(C)C(C)(C)C)c1cccc(F)c1F. The first kappa shape index (κ1) is 14.1. The van der Waals surface area contributed by atoms with Crippen LogP contribution in [0, 0.1) is 17.0 Å². The van der Waals surface area contributed by atoms with Gasteiger partial charge < -0.3 is 5.32 Å². The molecule has 17 heavy (non-hydrogen) atoms. The summed E-state index contributed by atoms with van der Waals surface area (Å²) in [6, 6.07) is 4.29. The molecule has 0 bridgehead atoms. The van der Waals surface area contributed by atoms with E-state index >= 15 is 0 Å². The second kappa shape index (κ2) is 5.13. The Bertz CT molecular complexity index is 382. The largest absolute Gasteiger partial charge is 0.307 e. The molecule has 96 valence electrons. The van der Waals surface area contributed by atoms with Crippen molar-refractivity contribution in [2.75, 3.05) is 0 Å². The minimum Gasteiger partial charge on any atom is -0.307 e. The topological polar surface area (TPSA) is 12.0 Å². The predicted octanol–water partition coefficient (Wildman–Crippen LogP) is 4.05. The van der Waals surface area contributed by atoms with E-state index < -0.39 is 11.6 Å². The molecule has 1 N–H and O–H groups in total. The van der Waals surface area contributed by atoms with Crippen LogP contribution in [-0.4, -0.2) is 6.04 Å². The maximum Gasteiger partial charge on any atom is 0.163 e. The number of nitrogens with one attached hydrogen (secondary N) is 1. The lowest BCUT2D eigenvalue weighted by molar-refractivity contribution is 0.266. The summed E-state index contributed by atoms with van der Waals surface area (Å²) in [5.41, 5.74) is 0.457. The minimum absolute atomic E-state index is 0.0814. The summed E-state index contributed by atoms with van der Waals surface area (Å²) in [5.74, 6) is -1.55. The molecule has 1 aromatic rings. The van der Waals surface area contributed by atoms with Crippen molar-refractivity contribution in [3.8, 4) is 0 Å². The van der Waals surface area contributed by atoms with Gasteiger partial charge in [0.05, 0.1) is 0 Å². The van der Waals surface area contributed by atoms with E-state index in [0.29, 0.717) is 5.56 Å². The average Bonchev–Trinajstić information content (AvgIpc) is 2.20.